The number of rotatable bonds is 3. The molecule has 1 aliphatic rings. The third-order valence-corrected chi connectivity index (χ3v) is 4.17. The van der Waals surface area contributed by atoms with E-state index in [9.17, 15) is 5.11 Å². The van der Waals surface area contributed by atoms with Gasteiger partial charge in [-0.2, -0.15) is 0 Å². The molecule has 0 aliphatic carbocycles. The van der Waals surface area contributed by atoms with Gasteiger partial charge in [-0.25, -0.2) is 0 Å². The maximum atomic E-state index is 9.40. The minimum atomic E-state index is 0.359. The average Bonchev–Trinajstić information content (AvgIpc) is 2.58. The molecule has 18 heavy (non-hydrogen) atoms. The number of likely N-dealkylation sites (tertiary alicyclic amines) is 1. The van der Waals surface area contributed by atoms with E-state index in [1.54, 1.807) is 12.1 Å². The number of phenolic OH excluding ortho intramolecular Hbond substituents is 1. The Labute approximate surface area is 111 Å². The highest BCUT2D eigenvalue weighted by molar-refractivity contribution is 5.28. The van der Waals surface area contributed by atoms with Gasteiger partial charge in [0.1, 0.15) is 5.75 Å². The molecule has 0 bridgehead atoms. The van der Waals surface area contributed by atoms with Crippen molar-refractivity contribution >= 4 is 0 Å². The fourth-order valence-electron chi connectivity index (χ4n) is 3.12. The van der Waals surface area contributed by atoms with Gasteiger partial charge in [-0.05, 0) is 50.4 Å². The Morgan fingerprint density at radius 3 is 2.61 bits per heavy atom. The summed E-state index contributed by atoms with van der Waals surface area (Å²) in [6.45, 7) is 5.82. The summed E-state index contributed by atoms with van der Waals surface area (Å²) < 4.78 is 0. The maximum Gasteiger partial charge on any atom is 0.115 e. The van der Waals surface area contributed by atoms with Crippen LogP contribution in [0.15, 0.2) is 24.3 Å². The monoisotopic (exact) mass is 247 g/mol. The van der Waals surface area contributed by atoms with Crippen molar-refractivity contribution in [3.05, 3.63) is 29.8 Å². The molecule has 0 aromatic heterocycles. The molecule has 2 atom stereocenters. The first-order chi connectivity index (χ1) is 8.72. The predicted octanol–water partition coefficient (Wildman–Crippen LogP) is 4.11. The van der Waals surface area contributed by atoms with Crippen LogP contribution in [0.1, 0.15) is 57.6 Å². The molecule has 2 rings (SSSR count). The van der Waals surface area contributed by atoms with Gasteiger partial charge in [-0.15, -0.1) is 0 Å². The topological polar surface area (TPSA) is 23.5 Å². The summed E-state index contributed by atoms with van der Waals surface area (Å²) in [7, 11) is 0. The molecule has 1 heterocycles. The van der Waals surface area contributed by atoms with Crippen LogP contribution in [0, 0.1) is 0 Å². The zero-order chi connectivity index (χ0) is 13.0. The Hall–Kier alpha value is -1.02. The summed E-state index contributed by atoms with van der Waals surface area (Å²) in [5, 5.41) is 9.40. The Morgan fingerprint density at radius 1 is 1.22 bits per heavy atom. The number of phenols is 1. The van der Waals surface area contributed by atoms with Crippen LogP contribution in [0.25, 0.3) is 0 Å². The summed E-state index contributed by atoms with van der Waals surface area (Å²) in [6.07, 6.45) is 6.50. The predicted molar refractivity (Wildman–Crippen MR) is 75.8 cm³/mol. The van der Waals surface area contributed by atoms with E-state index in [2.05, 4.69) is 30.9 Å². The van der Waals surface area contributed by atoms with E-state index < -0.39 is 0 Å². The van der Waals surface area contributed by atoms with E-state index in [0.29, 0.717) is 17.8 Å². The van der Waals surface area contributed by atoms with E-state index in [1.165, 1.54) is 37.8 Å². The van der Waals surface area contributed by atoms with Crippen LogP contribution in [0.5, 0.6) is 5.75 Å². The lowest BCUT2D eigenvalue weighted by molar-refractivity contribution is 0.142. The van der Waals surface area contributed by atoms with E-state index in [-0.39, 0.29) is 0 Å². The zero-order valence-corrected chi connectivity index (χ0v) is 11.6. The average molecular weight is 247 g/mol. The van der Waals surface area contributed by atoms with Crippen LogP contribution in [-0.4, -0.2) is 22.6 Å². The fraction of sp³-hybridized carbons (Fsp3) is 0.625. The molecule has 0 amide bonds. The quantitative estimate of drug-likeness (QED) is 0.869. The van der Waals surface area contributed by atoms with E-state index in [4.69, 9.17) is 0 Å². The molecule has 2 unspecified atom stereocenters. The van der Waals surface area contributed by atoms with Crippen molar-refractivity contribution in [2.75, 3.05) is 6.54 Å². The number of hydrogen-bond donors (Lipinski definition) is 1. The highest BCUT2D eigenvalue weighted by Gasteiger charge is 2.24. The minimum absolute atomic E-state index is 0.359. The Bertz CT molecular complexity index is 360. The summed E-state index contributed by atoms with van der Waals surface area (Å²) >= 11 is 0. The molecule has 2 heteroatoms. The van der Waals surface area contributed by atoms with Crippen molar-refractivity contribution in [1.29, 1.82) is 0 Å². The second kappa shape index (κ2) is 6.24. The highest BCUT2D eigenvalue weighted by Crippen LogP contribution is 2.30. The van der Waals surface area contributed by atoms with Crippen molar-refractivity contribution in [2.45, 2.75) is 58.0 Å². The molecule has 1 aromatic carbocycles. The summed E-state index contributed by atoms with van der Waals surface area (Å²) in [6, 6.07) is 8.92. The molecule has 100 valence electrons. The lowest BCUT2D eigenvalue weighted by Gasteiger charge is -2.35. The summed E-state index contributed by atoms with van der Waals surface area (Å²) in [5.74, 6) is 0.359. The molecule has 1 fully saturated rings. The van der Waals surface area contributed by atoms with E-state index >= 15 is 0 Å². The van der Waals surface area contributed by atoms with Gasteiger partial charge in [0.05, 0.1) is 0 Å². The zero-order valence-electron chi connectivity index (χ0n) is 11.6. The molecule has 1 saturated heterocycles. The third kappa shape index (κ3) is 3.05. The van der Waals surface area contributed by atoms with Gasteiger partial charge in [-0.3, -0.25) is 4.90 Å². The SMILES string of the molecule is CCC(c1ccc(O)cc1)N1CCCCCC1C. The van der Waals surface area contributed by atoms with E-state index in [1.807, 2.05) is 0 Å². The fourth-order valence-corrected chi connectivity index (χ4v) is 3.12. The Balaban J connectivity index is 2.18. The van der Waals surface area contributed by atoms with Crippen LogP contribution in [-0.2, 0) is 0 Å². The molecule has 1 aromatic rings. The number of hydrogen-bond acceptors (Lipinski definition) is 2. The summed E-state index contributed by atoms with van der Waals surface area (Å²) in [5.41, 5.74) is 1.34. The molecule has 0 saturated carbocycles. The van der Waals surface area contributed by atoms with Crippen molar-refractivity contribution < 1.29 is 5.11 Å². The highest BCUT2D eigenvalue weighted by atomic mass is 16.3. The molecule has 1 aliphatic heterocycles. The number of aromatic hydroxyl groups is 1. The number of nitrogens with zero attached hydrogens (tertiary/aromatic N) is 1. The second-order valence-corrected chi connectivity index (χ2v) is 5.45. The first-order valence-corrected chi connectivity index (χ1v) is 7.27. The van der Waals surface area contributed by atoms with Gasteiger partial charge in [0.25, 0.3) is 0 Å². The molecule has 0 spiro atoms. The van der Waals surface area contributed by atoms with Gasteiger partial charge in [0.2, 0.25) is 0 Å². The van der Waals surface area contributed by atoms with Crippen molar-refractivity contribution in [2.24, 2.45) is 0 Å². The lowest BCUT2D eigenvalue weighted by Crippen LogP contribution is -2.36. The van der Waals surface area contributed by atoms with Crippen molar-refractivity contribution in [3.8, 4) is 5.75 Å². The Kier molecular flexibility index (Phi) is 4.65. The standard InChI is InChI=1S/C16H25NO/c1-3-16(14-8-10-15(18)11-9-14)17-12-6-4-5-7-13(17)2/h8-11,13,16,18H,3-7,12H2,1-2H3. The molecule has 1 N–H and O–H groups in total. The van der Waals surface area contributed by atoms with Gasteiger partial charge in [-0.1, -0.05) is 31.9 Å². The van der Waals surface area contributed by atoms with Crippen LogP contribution in [0.4, 0.5) is 0 Å². The van der Waals surface area contributed by atoms with Crippen molar-refractivity contribution in [3.63, 3.8) is 0 Å². The van der Waals surface area contributed by atoms with Gasteiger partial charge in [0.15, 0.2) is 0 Å². The van der Waals surface area contributed by atoms with Crippen molar-refractivity contribution in [1.82, 2.24) is 4.90 Å². The first kappa shape index (κ1) is 13.4. The van der Waals surface area contributed by atoms with Crippen LogP contribution in [0.2, 0.25) is 0 Å². The van der Waals surface area contributed by atoms with Crippen LogP contribution < -0.4 is 0 Å². The summed E-state index contributed by atoms with van der Waals surface area (Å²) in [4.78, 5) is 2.65. The first-order valence-electron chi connectivity index (χ1n) is 7.27. The normalized spacial score (nSPS) is 23.6. The van der Waals surface area contributed by atoms with Gasteiger partial charge < -0.3 is 5.11 Å². The lowest BCUT2D eigenvalue weighted by atomic mass is 10.00. The Morgan fingerprint density at radius 2 is 1.94 bits per heavy atom. The molecular weight excluding hydrogens is 222 g/mol. The maximum absolute atomic E-state index is 9.40. The molecule has 2 nitrogen and oxygen atoms in total. The number of benzene rings is 1. The van der Waals surface area contributed by atoms with E-state index in [0.717, 1.165) is 6.42 Å². The molecular formula is C16H25NO. The third-order valence-electron chi connectivity index (χ3n) is 4.17. The smallest absolute Gasteiger partial charge is 0.115 e. The van der Waals surface area contributed by atoms with Crippen LogP contribution >= 0.6 is 0 Å². The van der Waals surface area contributed by atoms with Gasteiger partial charge in [0, 0.05) is 12.1 Å². The van der Waals surface area contributed by atoms with Crippen LogP contribution in [0.3, 0.4) is 0 Å². The minimum Gasteiger partial charge on any atom is -0.508 e. The van der Waals surface area contributed by atoms with Gasteiger partial charge >= 0.3 is 0 Å². The largest absolute Gasteiger partial charge is 0.508 e. The molecule has 0 radical (unpaired) electrons. The second-order valence-electron chi connectivity index (χ2n) is 5.45.